The monoisotopic (exact) mass is 129 g/mol. The van der Waals surface area contributed by atoms with Gasteiger partial charge in [0.1, 0.15) is 5.78 Å². The van der Waals surface area contributed by atoms with Crippen LogP contribution in [-0.4, -0.2) is 37.1 Å². The van der Waals surface area contributed by atoms with Crippen LogP contribution >= 0.6 is 0 Å². The van der Waals surface area contributed by atoms with Crippen LogP contribution in [-0.2, 0) is 9.53 Å². The van der Waals surface area contributed by atoms with E-state index in [1.54, 1.807) is 6.92 Å². The third kappa shape index (κ3) is 1.28. The van der Waals surface area contributed by atoms with Crippen LogP contribution in [0.15, 0.2) is 0 Å². The number of ether oxygens (including phenoxy) is 1. The van der Waals surface area contributed by atoms with Crippen LogP contribution in [0.2, 0.25) is 0 Å². The minimum atomic E-state index is 0.00463. The Morgan fingerprint density at radius 1 is 1.78 bits per heavy atom. The highest BCUT2D eigenvalue weighted by Gasteiger charge is 2.24. The van der Waals surface area contributed by atoms with Crippen molar-refractivity contribution >= 4 is 5.78 Å². The topological polar surface area (TPSA) is 29.5 Å². The van der Waals surface area contributed by atoms with Crippen LogP contribution in [0.1, 0.15) is 6.92 Å². The van der Waals surface area contributed by atoms with Gasteiger partial charge in [-0.2, -0.15) is 0 Å². The second-order valence-electron chi connectivity index (χ2n) is 2.38. The summed E-state index contributed by atoms with van der Waals surface area (Å²) in [4.78, 5) is 12.6. The molecule has 0 saturated carbocycles. The standard InChI is InChI=1S/C6H11NO2/c1-5(8)6-3-9-4-7(6)2/h6H,3-4H2,1-2H3. The Hall–Kier alpha value is -0.410. The molecule has 1 saturated heterocycles. The predicted octanol–water partition coefficient (Wildman–Crippen LogP) is -0.137. The van der Waals surface area contributed by atoms with E-state index in [0.29, 0.717) is 13.3 Å². The summed E-state index contributed by atoms with van der Waals surface area (Å²) in [6, 6.07) is 0.00463. The summed E-state index contributed by atoms with van der Waals surface area (Å²) in [7, 11) is 1.89. The first-order valence-corrected chi connectivity index (χ1v) is 3.00. The quantitative estimate of drug-likeness (QED) is 0.493. The predicted molar refractivity (Wildman–Crippen MR) is 33.1 cm³/mol. The number of carbonyl (C=O) groups excluding carboxylic acids is 1. The summed E-state index contributed by atoms with van der Waals surface area (Å²) >= 11 is 0. The number of ketones is 1. The molecule has 0 amide bonds. The van der Waals surface area contributed by atoms with Crippen molar-refractivity contribution in [3.05, 3.63) is 0 Å². The molecule has 1 unspecified atom stereocenters. The Morgan fingerprint density at radius 3 is 2.67 bits per heavy atom. The second kappa shape index (κ2) is 2.45. The molecule has 52 valence electrons. The van der Waals surface area contributed by atoms with Crippen LogP contribution in [0.25, 0.3) is 0 Å². The van der Waals surface area contributed by atoms with E-state index in [4.69, 9.17) is 4.74 Å². The zero-order chi connectivity index (χ0) is 6.85. The van der Waals surface area contributed by atoms with E-state index in [0.717, 1.165) is 0 Å². The minimum Gasteiger partial charge on any atom is -0.364 e. The van der Waals surface area contributed by atoms with Crippen LogP contribution in [0.3, 0.4) is 0 Å². The number of Topliss-reactive ketones (excluding diaryl/α,β-unsaturated/α-hetero) is 1. The molecular formula is C6H11NO2. The molecule has 1 atom stereocenters. The zero-order valence-corrected chi connectivity index (χ0v) is 5.76. The molecule has 0 aromatic heterocycles. The Morgan fingerprint density at radius 2 is 2.44 bits per heavy atom. The van der Waals surface area contributed by atoms with E-state index in [2.05, 4.69) is 0 Å². The average molecular weight is 129 g/mol. The number of hydrogen-bond donors (Lipinski definition) is 0. The molecule has 9 heavy (non-hydrogen) atoms. The van der Waals surface area contributed by atoms with Crippen molar-refractivity contribution < 1.29 is 9.53 Å². The van der Waals surface area contributed by atoms with Crippen LogP contribution in [0.4, 0.5) is 0 Å². The van der Waals surface area contributed by atoms with Crippen molar-refractivity contribution in [2.45, 2.75) is 13.0 Å². The molecule has 3 nitrogen and oxygen atoms in total. The summed E-state index contributed by atoms with van der Waals surface area (Å²) in [6.45, 7) is 2.74. The summed E-state index contributed by atoms with van der Waals surface area (Å²) in [5.74, 6) is 0.190. The lowest BCUT2D eigenvalue weighted by Gasteiger charge is -2.11. The first-order valence-electron chi connectivity index (χ1n) is 3.00. The summed E-state index contributed by atoms with van der Waals surface area (Å²) in [5.41, 5.74) is 0. The normalized spacial score (nSPS) is 28.9. The lowest BCUT2D eigenvalue weighted by molar-refractivity contribution is -0.120. The molecule has 0 radical (unpaired) electrons. The maximum absolute atomic E-state index is 10.7. The van der Waals surface area contributed by atoms with E-state index < -0.39 is 0 Å². The van der Waals surface area contributed by atoms with Gasteiger partial charge < -0.3 is 4.74 Å². The molecule has 0 spiro atoms. The SMILES string of the molecule is CC(=O)C1COCN1C. The summed E-state index contributed by atoms with van der Waals surface area (Å²) < 4.78 is 5.04. The molecule has 1 fully saturated rings. The third-order valence-corrected chi connectivity index (χ3v) is 1.57. The van der Waals surface area contributed by atoms with Crippen molar-refractivity contribution in [1.29, 1.82) is 0 Å². The Labute approximate surface area is 54.6 Å². The Balaban J connectivity index is 2.49. The maximum Gasteiger partial charge on any atom is 0.149 e. The number of rotatable bonds is 1. The van der Waals surface area contributed by atoms with Gasteiger partial charge in [-0.25, -0.2) is 0 Å². The van der Waals surface area contributed by atoms with Gasteiger partial charge in [0.25, 0.3) is 0 Å². The highest BCUT2D eigenvalue weighted by molar-refractivity contribution is 5.81. The van der Waals surface area contributed by atoms with Crippen molar-refractivity contribution in [3.63, 3.8) is 0 Å². The molecule has 0 aromatic rings. The van der Waals surface area contributed by atoms with E-state index in [-0.39, 0.29) is 11.8 Å². The average Bonchev–Trinajstić information content (AvgIpc) is 2.13. The van der Waals surface area contributed by atoms with E-state index in [1.165, 1.54) is 0 Å². The van der Waals surface area contributed by atoms with Gasteiger partial charge in [0, 0.05) is 0 Å². The van der Waals surface area contributed by atoms with Crippen molar-refractivity contribution in [1.82, 2.24) is 4.90 Å². The highest BCUT2D eigenvalue weighted by atomic mass is 16.5. The van der Waals surface area contributed by atoms with Gasteiger partial charge in [-0.1, -0.05) is 0 Å². The Bertz CT molecular complexity index is 124. The molecule has 0 aromatic carbocycles. The van der Waals surface area contributed by atoms with Gasteiger partial charge in [0.2, 0.25) is 0 Å². The van der Waals surface area contributed by atoms with Crippen molar-refractivity contribution in [2.75, 3.05) is 20.4 Å². The third-order valence-electron chi connectivity index (χ3n) is 1.57. The highest BCUT2D eigenvalue weighted by Crippen LogP contribution is 2.05. The summed E-state index contributed by atoms with van der Waals surface area (Å²) in [6.07, 6.45) is 0. The molecule has 1 heterocycles. The molecule has 3 heteroatoms. The largest absolute Gasteiger partial charge is 0.364 e. The minimum absolute atomic E-state index is 0.00463. The molecule has 0 N–H and O–H groups in total. The van der Waals surface area contributed by atoms with Gasteiger partial charge in [-0.3, -0.25) is 9.69 Å². The number of carbonyl (C=O) groups is 1. The van der Waals surface area contributed by atoms with Crippen LogP contribution in [0.5, 0.6) is 0 Å². The second-order valence-corrected chi connectivity index (χ2v) is 2.38. The molecule has 1 rings (SSSR count). The number of nitrogens with zero attached hydrogens (tertiary/aromatic N) is 1. The van der Waals surface area contributed by atoms with Crippen molar-refractivity contribution in [3.8, 4) is 0 Å². The fraction of sp³-hybridized carbons (Fsp3) is 0.833. The maximum atomic E-state index is 10.7. The van der Waals surface area contributed by atoms with Crippen LogP contribution in [0, 0.1) is 0 Å². The van der Waals surface area contributed by atoms with Gasteiger partial charge in [-0.05, 0) is 14.0 Å². The van der Waals surface area contributed by atoms with E-state index in [1.807, 2.05) is 11.9 Å². The van der Waals surface area contributed by atoms with E-state index in [9.17, 15) is 4.79 Å². The van der Waals surface area contributed by atoms with Gasteiger partial charge in [0.05, 0.1) is 19.4 Å². The number of likely N-dealkylation sites (N-methyl/N-ethyl adjacent to an activating group) is 1. The van der Waals surface area contributed by atoms with Gasteiger partial charge in [0.15, 0.2) is 0 Å². The smallest absolute Gasteiger partial charge is 0.149 e. The molecule has 0 bridgehead atoms. The molecule has 1 aliphatic heterocycles. The first-order chi connectivity index (χ1) is 4.22. The fourth-order valence-corrected chi connectivity index (χ4v) is 0.953. The van der Waals surface area contributed by atoms with Crippen LogP contribution < -0.4 is 0 Å². The van der Waals surface area contributed by atoms with E-state index >= 15 is 0 Å². The zero-order valence-electron chi connectivity index (χ0n) is 5.76. The summed E-state index contributed by atoms with van der Waals surface area (Å²) in [5, 5.41) is 0. The molecule has 0 aliphatic carbocycles. The molecular weight excluding hydrogens is 118 g/mol. The first kappa shape index (κ1) is 6.71. The number of hydrogen-bond acceptors (Lipinski definition) is 3. The van der Waals surface area contributed by atoms with Gasteiger partial charge in [-0.15, -0.1) is 0 Å². The van der Waals surface area contributed by atoms with Gasteiger partial charge >= 0.3 is 0 Å². The Kier molecular flexibility index (Phi) is 1.83. The lowest BCUT2D eigenvalue weighted by atomic mass is 10.2. The lowest BCUT2D eigenvalue weighted by Crippen LogP contribution is -2.32. The molecule has 1 aliphatic rings. The van der Waals surface area contributed by atoms with Crippen molar-refractivity contribution in [2.24, 2.45) is 0 Å². The fourth-order valence-electron chi connectivity index (χ4n) is 0.953.